The van der Waals surface area contributed by atoms with Crippen LogP contribution in [-0.4, -0.2) is 18.6 Å². The van der Waals surface area contributed by atoms with Crippen molar-refractivity contribution in [3.8, 4) is 0 Å². The highest BCUT2D eigenvalue weighted by Gasteiger charge is 2.20. The maximum absolute atomic E-state index is 11.9. The second-order valence-corrected chi connectivity index (χ2v) is 5.86. The third-order valence-electron chi connectivity index (χ3n) is 2.00. The van der Waals surface area contributed by atoms with Gasteiger partial charge in [0.05, 0.1) is 4.90 Å². The van der Waals surface area contributed by atoms with E-state index in [0.29, 0.717) is 0 Å². The van der Waals surface area contributed by atoms with Crippen molar-refractivity contribution in [1.29, 1.82) is 0 Å². The van der Waals surface area contributed by atoms with Gasteiger partial charge in [-0.2, -0.15) is 8.42 Å². The monoisotopic (exact) mass is 268 g/mol. The second-order valence-electron chi connectivity index (χ2n) is 3.21. The lowest BCUT2D eigenvalue weighted by molar-refractivity contribution is 0.598. The zero-order chi connectivity index (χ0) is 12.3. The Hall–Kier alpha value is -1.34. The zero-order valence-corrected chi connectivity index (χ0v) is 10.7. The molecule has 1 aliphatic rings. The average molecular weight is 268 g/mol. The largest absolute Gasteiger partial charge is 0.284 e. The molecule has 0 bridgehead atoms. The number of thioether (sulfide) groups is 1. The fraction of sp³-hybridized carbons (Fsp3) is 0.200. The van der Waals surface area contributed by atoms with E-state index >= 15 is 0 Å². The Labute approximate surface area is 104 Å². The molecule has 0 spiro atoms. The van der Waals surface area contributed by atoms with Gasteiger partial charge in [-0.3, -0.25) is 0 Å². The minimum absolute atomic E-state index is 0.160. The Morgan fingerprint density at radius 3 is 2.59 bits per heavy atom. The first kappa shape index (κ1) is 12.1. The van der Waals surface area contributed by atoms with Crippen molar-refractivity contribution in [2.24, 2.45) is 9.50 Å². The molecule has 17 heavy (non-hydrogen) atoms. The molecule has 2 rings (SSSR count). The number of benzene rings is 1. The highest BCUT2D eigenvalue weighted by Crippen LogP contribution is 2.19. The summed E-state index contributed by atoms with van der Waals surface area (Å²) in [5.41, 5.74) is 3.72. The molecule has 0 N–H and O–H groups in total. The van der Waals surface area contributed by atoms with Gasteiger partial charge in [0.25, 0.3) is 10.0 Å². The van der Waals surface area contributed by atoms with E-state index in [2.05, 4.69) is 14.9 Å². The molecule has 1 aliphatic heterocycles. The summed E-state index contributed by atoms with van der Waals surface area (Å²) in [7, 11) is -3.68. The van der Waals surface area contributed by atoms with Crippen LogP contribution in [0.1, 0.15) is 13.3 Å². The Morgan fingerprint density at radius 1 is 1.29 bits per heavy atom. The number of hydrogen-bond acceptors (Lipinski definition) is 4. The molecule has 0 aliphatic carbocycles. The predicted molar refractivity (Wildman–Crippen MR) is 68.5 cm³/mol. The van der Waals surface area contributed by atoms with E-state index in [1.807, 2.05) is 6.92 Å². The molecule has 0 amide bonds. The molecule has 1 aromatic rings. The van der Waals surface area contributed by atoms with Crippen LogP contribution in [-0.2, 0) is 10.0 Å². The van der Waals surface area contributed by atoms with Crippen molar-refractivity contribution >= 4 is 32.0 Å². The molecule has 1 radical (unpaired) electrons. The van der Waals surface area contributed by atoms with E-state index in [9.17, 15) is 8.42 Å². The van der Waals surface area contributed by atoms with Crippen molar-refractivity contribution in [3.05, 3.63) is 30.3 Å². The summed E-state index contributed by atoms with van der Waals surface area (Å²) in [5, 5.41) is 4.77. The molecular weight excluding hydrogens is 258 g/mol. The van der Waals surface area contributed by atoms with Crippen LogP contribution in [0.25, 0.3) is 0 Å². The first-order valence-corrected chi connectivity index (χ1v) is 7.23. The van der Waals surface area contributed by atoms with Crippen LogP contribution < -0.4 is 5.43 Å². The van der Waals surface area contributed by atoms with E-state index in [0.717, 1.165) is 11.5 Å². The first-order valence-electron chi connectivity index (χ1n) is 4.97. The molecular formula is C10H10N3O2S2. The van der Waals surface area contributed by atoms with Gasteiger partial charge in [0.1, 0.15) is 5.04 Å². The molecule has 5 nitrogen and oxygen atoms in total. The molecule has 89 valence electrons. The van der Waals surface area contributed by atoms with Gasteiger partial charge in [-0.05, 0) is 30.3 Å². The summed E-state index contributed by atoms with van der Waals surface area (Å²) in [6.07, 6.45) is 0.721. The Bertz CT molecular complexity index is 564. The number of sulfonamides is 1. The van der Waals surface area contributed by atoms with E-state index in [1.54, 1.807) is 18.2 Å². The van der Waals surface area contributed by atoms with Crippen LogP contribution in [0, 0.1) is 0 Å². The summed E-state index contributed by atoms with van der Waals surface area (Å²) in [6.45, 7) is 1.93. The fourth-order valence-electron chi connectivity index (χ4n) is 1.17. The van der Waals surface area contributed by atoms with Gasteiger partial charge in [-0.15, -0.1) is 14.9 Å². The topological polar surface area (TPSA) is 73.0 Å². The van der Waals surface area contributed by atoms with E-state index in [1.165, 1.54) is 23.9 Å². The summed E-state index contributed by atoms with van der Waals surface area (Å²) >= 11 is 1.19. The van der Waals surface area contributed by atoms with Crippen molar-refractivity contribution in [1.82, 2.24) is 5.43 Å². The third-order valence-corrected chi connectivity index (χ3v) is 4.36. The van der Waals surface area contributed by atoms with Gasteiger partial charge in [-0.1, -0.05) is 25.1 Å². The van der Waals surface area contributed by atoms with Crippen LogP contribution in [0.4, 0.5) is 0 Å². The molecule has 1 aromatic carbocycles. The maximum atomic E-state index is 11.9. The predicted octanol–water partition coefficient (Wildman–Crippen LogP) is 1.81. The molecule has 0 unspecified atom stereocenters. The lowest BCUT2D eigenvalue weighted by atomic mass is 10.4. The molecule has 1 heterocycles. The quantitative estimate of drug-likeness (QED) is 0.839. The maximum Gasteiger partial charge on any atom is 0.284 e. The minimum atomic E-state index is -3.68. The molecule has 0 atom stereocenters. The average Bonchev–Trinajstić information content (AvgIpc) is 2.77. The van der Waals surface area contributed by atoms with Crippen LogP contribution in [0.15, 0.2) is 44.7 Å². The Morgan fingerprint density at radius 2 is 2.00 bits per heavy atom. The molecule has 0 saturated carbocycles. The summed E-state index contributed by atoms with van der Waals surface area (Å²) in [5.74, 6) is 0. The number of rotatable bonds is 3. The third kappa shape index (κ3) is 2.86. The number of hydrogen-bond donors (Lipinski definition) is 0. The van der Waals surface area contributed by atoms with Gasteiger partial charge in [0.2, 0.25) is 5.17 Å². The Kier molecular flexibility index (Phi) is 3.49. The SMILES string of the molecule is CCC1=N[N]C(=NS(=O)(=O)c2ccccc2)S1. The molecule has 0 aromatic heterocycles. The van der Waals surface area contributed by atoms with Crippen molar-refractivity contribution in [2.45, 2.75) is 18.2 Å². The van der Waals surface area contributed by atoms with Crippen LogP contribution in [0.3, 0.4) is 0 Å². The second kappa shape index (κ2) is 4.89. The van der Waals surface area contributed by atoms with Gasteiger partial charge < -0.3 is 0 Å². The van der Waals surface area contributed by atoms with Gasteiger partial charge in [-0.25, -0.2) is 0 Å². The lowest BCUT2D eigenvalue weighted by Gasteiger charge is -1.98. The zero-order valence-electron chi connectivity index (χ0n) is 9.07. The highest BCUT2D eigenvalue weighted by molar-refractivity contribution is 8.27. The number of nitrogens with zero attached hydrogens (tertiary/aromatic N) is 3. The van der Waals surface area contributed by atoms with E-state index in [4.69, 9.17) is 0 Å². The van der Waals surface area contributed by atoms with E-state index < -0.39 is 10.0 Å². The summed E-state index contributed by atoms with van der Waals surface area (Å²) in [6, 6.07) is 8.06. The normalized spacial score (nSPS) is 17.9. The lowest BCUT2D eigenvalue weighted by Crippen LogP contribution is -2.05. The van der Waals surface area contributed by atoms with Crippen LogP contribution in [0.5, 0.6) is 0 Å². The summed E-state index contributed by atoms with van der Waals surface area (Å²) < 4.78 is 27.4. The molecule has 0 saturated heterocycles. The van der Waals surface area contributed by atoms with Gasteiger partial charge >= 0.3 is 0 Å². The fourth-order valence-corrected chi connectivity index (χ4v) is 2.98. The smallest absolute Gasteiger partial charge is 0.199 e. The highest BCUT2D eigenvalue weighted by atomic mass is 32.2. The van der Waals surface area contributed by atoms with Crippen LogP contribution >= 0.6 is 11.8 Å². The first-order chi connectivity index (χ1) is 8.12. The Balaban J connectivity index is 2.23. The van der Waals surface area contributed by atoms with Gasteiger partial charge in [0.15, 0.2) is 0 Å². The van der Waals surface area contributed by atoms with Gasteiger partial charge in [0, 0.05) is 0 Å². The molecule has 0 fully saturated rings. The van der Waals surface area contributed by atoms with E-state index in [-0.39, 0.29) is 10.1 Å². The van der Waals surface area contributed by atoms with Crippen LogP contribution in [0.2, 0.25) is 0 Å². The van der Waals surface area contributed by atoms with Crippen molar-refractivity contribution in [2.75, 3.05) is 0 Å². The van der Waals surface area contributed by atoms with Crippen molar-refractivity contribution < 1.29 is 8.42 Å². The minimum Gasteiger partial charge on any atom is -0.199 e. The summed E-state index contributed by atoms with van der Waals surface area (Å²) in [4.78, 5) is 0.160. The molecule has 7 heteroatoms. The number of amidine groups is 1. The van der Waals surface area contributed by atoms with Crippen molar-refractivity contribution in [3.63, 3.8) is 0 Å². The standard InChI is InChI=1S/C10H10N3O2S2/c1-2-9-11-12-10(16-9)13-17(14,15)8-6-4-3-5-7-8/h3-7H,2H2,1H3.